The fourth-order valence-corrected chi connectivity index (χ4v) is 2.03. The van der Waals surface area contributed by atoms with E-state index in [0.29, 0.717) is 22.7 Å². The Bertz CT molecular complexity index is 517. The van der Waals surface area contributed by atoms with Gasteiger partial charge < -0.3 is 10.5 Å². The van der Waals surface area contributed by atoms with Crippen molar-refractivity contribution < 1.29 is 9.53 Å². The van der Waals surface area contributed by atoms with Gasteiger partial charge in [0.1, 0.15) is 0 Å². The van der Waals surface area contributed by atoms with Gasteiger partial charge in [-0.15, -0.1) is 0 Å². The van der Waals surface area contributed by atoms with Crippen molar-refractivity contribution in [2.75, 3.05) is 7.11 Å². The van der Waals surface area contributed by atoms with Crippen LogP contribution in [0.25, 0.3) is 0 Å². The topological polar surface area (TPSA) is 52.3 Å². The van der Waals surface area contributed by atoms with E-state index in [1.54, 1.807) is 43.5 Å². The number of halogens is 1. The van der Waals surface area contributed by atoms with Gasteiger partial charge in [-0.1, -0.05) is 11.6 Å². The van der Waals surface area contributed by atoms with Crippen molar-refractivity contribution >= 4 is 17.4 Å². The summed E-state index contributed by atoms with van der Waals surface area (Å²) in [7, 11) is 1.59. The van der Waals surface area contributed by atoms with Crippen molar-refractivity contribution in [3.05, 3.63) is 58.5 Å². The lowest BCUT2D eigenvalue weighted by Crippen LogP contribution is -2.24. The number of nitrogens with two attached hydrogens (primary N) is 1. The Kier molecular flexibility index (Phi) is 3.72. The maximum Gasteiger partial charge on any atom is 0.172 e. The number of hydrogen-bond donors (Lipinski definition) is 1. The van der Waals surface area contributed by atoms with Gasteiger partial charge >= 0.3 is 0 Å². The lowest BCUT2D eigenvalue weighted by molar-refractivity contribution is 0.0926. The Hall–Kier alpha value is -1.74. The molecule has 1 unspecified atom stereocenters. The Balaban J connectivity index is 2.22. The molecule has 0 aromatic heterocycles. The molecule has 0 saturated heterocycles. The number of carbonyl (C=O) groups excluding carboxylic acids is 1. The van der Waals surface area contributed by atoms with Gasteiger partial charge in [-0.3, -0.25) is 4.79 Å². The molecule has 0 spiro atoms. The van der Waals surface area contributed by atoms with E-state index >= 15 is 0 Å². The molecule has 0 bridgehead atoms. The van der Waals surface area contributed by atoms with Gasteiger partial charge in [-0.2, -0.15) is 0 Å². The summed E-state index contributed by atoms with van der Waals surface area (Å²) in [5.41, 5.74) is 7.05. The highest BCUT2D eigenvalue weighted by Crippen LogP contribution is 2.26. The van der Waals surface area contributed by atoms with Gasteiger partial charge in [0.15, 0.2) is 5.78 Å². The van der Waals surface area contributed by atoms with Crippen molar-refractivity contribution in [3.8, 4) is 0 Å². The van der Waals surface area contributed by atoms with E-state index in [-0.39, 0.29) is 11.7 Å². The molecule has 0 saturated carbocycles. The van der Waals surface area contributed by atoms with Gasteiger partial charge in [0.2, 0.25) is 0 Å². The van der Waals surface area contributed by atoms with E-state index in [4.69, 9.17) is 22.1 Å². The smallest absolute Gasteiger partial charge is 0.172 e. The summed E-state index contributed by atoms with van der Waals surface area (Å²) in [6.07, 6.45) is 4.02. The minimum absolute atomic E-state index is 0.0110. The summed E-state index contributed by atoms with van der Waals surface area (Å²) >= 11 is 5.80. The number of ether oxygens (including phenoxy) is 1. The van der Waals surface area contributed by atoms with Crippen LogP contribution in [0.15, 0.2) is 47.9 Å². The number of rotatable bonds is 3. The molecule has 0 amide bonds. The molecule has 4 heteroatoms. The third-order valence-electron chi connectivity index (χ3n) is 2.98. The van der Waals surface area contributed by atoms with E-state index in [0.717, 1.165) is 5.76 Å². The Morgan fingerprint density at radius 1 is 1.33 bits per heavy atom. The standard InChI is InChI=1S/C14H14ClNO2/c1-18-11-6-7-13(16)12(8-11)14(17)9-2-4-10(15)5-3-9/h2-7,12H,8,16H2,1H3. The highest BCUT2D eigenvalue weighted by molar-refractivity contribution is 6.30. The summed E-state index contributed by atoms with van der Waals surface area (Å²) in [6.45, 7) is 0. The lowest BCUT2D eigenvalue weighted by Gasteiger charge is -2.20. The summed E-state index contributed by atoms with van der Waals surface area (Å²) in [6, 6.07) is 6.82. The van der Waals surface area contributed by atoms with Crippen molar-refractivity contribution in [1.82, 2.24) is 0 Å². The van der Waals surface area contributed by atoms with Crippen LogP contribution in [-0.4, -0.2) is 12.9 Å². The molecule has 1 aliphatic rings. The maximum atomic E-state index is 12.3. The van der Waals surface area contributed by atoms with Gasteiger partial charge in [0.05, 0.1) is 18.8 Å². The van der Waals surface area contributed by atoms with Gasteiger partial charge in [0, 0.05) is 22.7 Å². The number of ketones is 1. The maximum absolute atomic E-state index is 12.3. The summed E-state index contributed by atoms with van der Waals surface area (Å²) < 4.78 is 5.16. The minimum Gasteiger partial charge on any atom is -0.501 e. The molecule has 0 fully saturated rings. The van der Waals surface area contributed by atoms with E-state index in [1.807, 2.05) is 0 Å². The number of allylic oxidation sites excluding steroid dienone is 4. The third kappa shape index (κ3) is 2.57. The first kappa shape index (κ1) is 12.7. The zero-order valence-electron chi connectivity index (χ0n) is 10.0. The molecule has 0 radical (unpaired) electrons. The third-order valence-corrected chi connectivity index (χ3v) is 3.23. The Labute approximate surface area is 111 Å². The minimum atomic E-state index is -0.355. The van der Waals surface area contributed by atoms with Gasteiger partial charge in [0.25, 0.3) is 0 Å². The monoisotopic (exact) mass is 263 g/mol. The van der Waals surface area contributed by atoms with Crippen LogP contribution in [0.4, 0.5) is 0 Å². The molecule has 0 aliphatic heterocycles. The fourth-order valence-electron chi connectivity index (χ4n) is 1.90. The molecule has 0 heterocycles. The normalized spacial score (nSPS) is 18.9. The van der Waals surface area contributed by atoms with Crippen LogP contribution in [0.1, 0.15) is 16.8 Å². The molecule has 1 aromatic carbocycles. The summed E-state index contributed by atoms with van der Waals surface area (Å²) in [5.74, 6) is 0.394. The van der Waals surface area contributed by atoms with E-state index < -0.39 is 0 Å². The molecule has 1 aromatic rings. The molecule has 18 heavy (non-hydrogen) atoms. The number of methoxy groups -OCH3 is 1. The zero-order chi connectivity index (χ0) is 13.1. The predicted octanol–water partition coefficient (Wildman–Crippen LogP) is 2.92. The highest BCUT2D eigenvalue weighted by Gasteiger charge is 2.26. The number of carbonyl (C=O) groups is 1. The van der Waals surface area contributed by atoms with Crippen molar-refractivity contribution in [2.45, 2.75) is 6.42 Å². The molecular formula is C14H14ClNO2. The predicted molar refractivity (Wildman–Crippen MR) is 71.3 cm³/mol. The van der Waals surface area contributed by atoms with Crippen LogP contribution >= 0.6 is 11.6 Å². The van der Waals surface area contributed by atoms with E-state index in [9.17, 15) is 4.79 Å². The van der Waals surface area contributed by atoms with Gasteiger partial charge in [-0.05, 0) is 36.4 Å². The molecule has 3 nitrogen and oxygen atoms in total. The van der Waals surface area contributed by atoms with E-state index in [2.05, 4.69) is 0 Å². The Morgan fingerprint density at radius 3 is 2.61 bits per heavy atom. The number of benzene rings is 1. The largest absolute Gasteiger partial charge is 0.501 e. The van der Waals surface area contributed by atoms with Crippen molar-refractivity contribution in [3.63, 3.8) is 0 Å². The van der Waals surface area contributed by atoms with Crippen molar-refractivity contribution in [1.29, 1.82) is 0 Å². The van der Waals surface area contributed by atoms with Gasteiger partial charge in [-0.25, -0.2) is 0 Å². The van der Waals surface area contributed by atoms with Crippen LogP contribution in [0.3, 0.4) is 0 Å². The van der Waals surface area contributed by atoms with Crippen LogP contribution < -0.4 is 5.73 Å². The number of Topliss-reactive ketones (excluding diaryl/α,β-unsaturated/α-hetero) is 1. The first-order valence-corrected chi connectivity index (χ1v) is 5.99. The molecule has 2 rings (SSSR count). The van der Waals surface area contributed by atoms with Crippen LogP contribution in [-0.2, 0) is 4.74 Å². The summed E-state index contributed by atoms with van der Waals surface area (Å²) in [4.78, 5) is 12.3. The average molecular weight is 264 g/mol. The fraction of sp³-hybridized carbons (Fsp3) is 0.214. The van der Waals surface area contributed by atoms with Crippen LogP contribution in [0.2, 0.25) is 5.02 Å². The average Bonchev–Trinajstić information content (AvgIpc) is 2.39. The molecular weight excluding hydrogens is 250 g/mol. The van der Waals surface area contributed by atoms with Crippen LogP contribution in [0, 0.1) is 5.92 Å². The highest BCUT2D eigenvalue weighted by atomic mass is 35.5. The van der Waals surface area contributed by atoms with Crippen LogP contribution in [0.5, 0.6) is 0 Å². The second kappa shape index (κ2) is 5.27. The van der Waals surface area contributed by atoms with E-state index in [1.165, 1.54) is 0 Å². The summed E-state index contributed by atoms with van der Waals surface area (Å²) in [5, 5.41) is 0.608. The zero-order valence-corrected chi connectivity index (χ0v) is 10.8. The quantitative estimate of drug-likeness (QED) is 0.853. The lowest BCUT2D eigenvalue weighted by atomic mass is 9.88. The number of hydrogen-bond acceptors (Lipinski definition) is 3. The second-order valence-corrected chi connectivity index (χ2v) is 4.57. The molecule has 1 aliphatic carbocycles. The Morgan fingerprint density at radius 2 is 2.00 bits per heavy atom. The molecule has 1 atom stereocenters. The SMILES string of the molecule is COC1=CC=C(N)C(C(=O)c2ccc(Cl)cc2)C1. The second-order valence-electron chi connectivity index (χ2n) is 4.13. The first-order valence-electron chi connectivity index (χ1n) is 5.62. The molecule has 94 valence electrons. The first-order chi connectivity index (χ1) is 8.61. The molecule has 2 N–H and O–H groups in total. The van der Waals surface area contributed by atoms with Crippen molar-refractivity contribution in [2.24, 2.45) is 11.7 Å².